The van der Waals surface area contributed by atoms with Crippen LogP contribution in [0, 0.1) is 19.3 Å². The van der Waals surface area contributed by atoms with Gasteiger partial charge in [-0.2, -0.15) is 0 Å². The topological polar surface area (TPSA) is 144 Å². The molecule has 10 nitrogen and oxygen atoms in total. The molecule has 0 saturated carbocycles. The minimum Gasteiger partial charge on any atom is -0.391 e. The summed E-state index contributed by atoms with van der Waals surface area (Å²) in [6.45, 7) is 9.13. The van der Waals surface area contributed by atoms with Crippen molar-refractivity contribution in [2.45, 2.75) is 77.7 Å². The Hall–Kier alpha value is -4.28. The summed E-state index contributed by atoms with van der Waals surface area (Å²) in [6.07, 6.45) is 0.268. The van der Waals surface area contributed by atoms with Gasteiger partial charge in [0.15, 0.2) is 6.10 Å². The van der Waals surface area contributed by atoms with Gasteiger partial charge < -0.3 is 31.1 Å². The highest BCUT2D eigenvalue weighted by Crippen LogP contribution is 2.24. The lowest BCUT2D eigenvalue weighted by Crippen LogP contribution is -2.50. The first-order valence-corrected chi connectivity index (χ1v) is 15.9. The molecule has 1 aromatic heterocycles. The van der Waals surface area contributed by atoms with Gasteiger partial charge in [-0.05, 0) is 61.3 Å². The van der Waals surface area contributed by atoms with Gasteiger partial charge in [-0.3, -0.25) is 14.6 Å². The first-order chi connectivity index (χ1) is 21.9. The van der Waals surface area contributed by atoms with E-state index in [1.165, 1.54) is 0 Å². The van der Waals surface area contributed by atoms with Crippen LogP contribution in [0.25, 0.3) is 0 Å². The summed E-state index contributed by atoms with van der Waals surface area (Å²) < 4.78 is 0. The largest absolute Gasteiger partial charge is 0.391 e. The highest BCUT2D eigenvalue weighted by atomic mass is 16.3. The summed E-state index contributed by atoms with van der Waals surface area (Å²) in [5.41, 5.74) is 3.18. The molecule has 0 aliphatic carbocycles. The molecule has 1 aliphatic rings. The molecular weight excluding hydrogens is 582 g/mol. The van der Waals surface area contributed by atoms with E-state index in [2.05, 4.69) is 20.9 Å². The number of aliphatic hydroxyl groups excluding tert-OH is 2. The van der Waals surface area contributed by atoms with Gasteiger partial charge in [0.25, 0.3) is 5.91 Å². The van der Waals surface area contributed by atoms with Crippen LogP contribution in [0.4, 0.5) is 4.79 Å². The first kappa shape index (κ1) is 34.6. The number of hydrogen-bond acceptors (Lipinski definition) is 6. The van der Waals surface area contributed by atoms with Crippen LogP contribution in [0.15, 0.2) is 72.9 Å². The highest BCUT2D eigenvalue weighted by molar-refractivity contribution is 5.83. The number of aryl methyl sites for hydroxylation is 2. The predicted octanol–water partition coefficient (Wildman–Crippen LogP) is 3.38. The van der Waals surface area contributed by atoms with Crippen molar-refractivity contribution in [1.29, 1.82) is 0 Å². The second kappa shape index (κ2) is 15.8. The van der Waals surface area contributed by atoms with Gasteiger partial charge in [-0.25, -0.2) is 4.79 Å². The fourth-order valence-corrected chi connectivity index (χ4v) is 6.16. The van der Waals surface area contributed by atoms with Crippen LogP contribution in [0.5, 0.6) is 0 Å². The Morgan fingerprint density at radius 3 is 2.17 bits per heavy atom. The molecule has 1 aliphatic heterocycles. The van der Waals surface area contributed by atoms with E-state index in [1.54, 1.807) is 24.1 Å². The molecule has 46 heavy (non-hydrogen) atoms. The van der Waals surface area contributed by atoms with Crippen LogP contribution in [0.1, 0.15) is 60.7 Å². The summed E-state index contributed by atoms with van der Waals surface area (Å²) >= 11 is 0. The van der Waals surface area contributed by atoms with E-state index in [4.69, 9.17) is 0 Å². The second-order valence-electron chi connectivity index (χ2n) is 13.1. The SMILES string of the molecule is Cc1ccnc(C)c1C(O)C(=O)N[C@@H](Cc1ccccc1)[C@@H](O)C[C@H](Cc1ccccc1)NC(=O)CC(C)(C)CN1CCNC1=O. The molecule has 1 fully saturated rings. The van der Waals surface area contributed by atoms with Crippen LogP contribution < -0.4 is 16.0 Å². The van der Waals surface area contributed by atoms with E-state index in [1.807, 2.05) is 81.4 Å². The van der Waals surface area contributed by atoms with E-state index in [-0.39, 0.29) is 24.8 Å². The van der Waals surface area contributed by atoms with Crippen molar-refractivity contribution in [1.82, 2.24) is 25.8 Å². The molecule has 4 atom stereocenters. The number of aromatic nitrogens is 1. The third-order valence-corrected chi connectivity index (χ3v) is 8.44. The minimum atomic E-state index is -1.46. The van der Waals surface area contributed by atoms with Gasteiger partial charge in [0, 0.05) is 49.6 Å². The molecule has 5 N–H and O–H groups in total. The maximum absolute atomic E-state index is 13.4. The molecule has 0 bridgehead atoms. The normalized spacial score (nSPS) is 15.9. The molecule has 4 amide bonds. The van der Waals surface area contributed by atoms with Crippen molar-refractivity contribution in [3.05, 3.63) is 101 Å². The van der Waals surface area contributed by atoms with Crippen LogP contribution in [0.2, 0.25) is 0 Å². The Morgan fingerprint density at radius 1 is 0.957 bits per heavy atom. The zero-order valence-corrected chi connectivity index (χ0v) is 27.2. The van der Waals surface area contributed by atoms with Crippen molar-refractivity contribution in [3.8, 4) is 0 Å². The summed E-state index contributed by atoms with van der Waals surface area (Å²) in [5, 5.41) is 31.6. The lowest BCUT2D eigenvalue weighted by atomic mass is 9.87. The van der Waals surface area contributed by atoms with Crippen LogP contribution in [-0.2, 0) is 22.4 Å². The van der Waals surface area contributed by atoms with Gasteiger partial charge in [-0.15, -0.1) is 0 Å². The molecule has 1 saturated heterocycles. The highest BCUT2D eigenvalue weighted by Gasteiger charge is 2.32. The van der Waals surface area contributed by atoms with E-state index in [9.17, 15) is 24.6 Å². The standard InChI is InChI=1S/C36H47N5O5/c1-24-15-16-37-25(2)32(24)33(44)34(45)40-29(20-27-13-9-6-10-14-27)30(42)21-28(19-26-11-7-5-8-12-26)39-31(43)22-36(3,4)23-41-18-17-38-35(41)46/h5-16,28-30,33,42,44H,17-23H2,1-4H3,(H,38,46)(H,39,43)(H,40,45)/t28-,29-,30-,33?/m0/s1. The zero-order chi connectivity index (χ0) is 33.3. The number of nitrogens with zero attached hydrogens (tertiary/aromatic N) is 2. The summed E-state index contributed by atoms with van der Waals surface area (Å²) in [5.74, 6) is -0.810. The number of benzene rings is 2. The van der Waals surface area contributed by atoms with Crippen molar-refractivity contribution in [3.63, 3.8) is 0 Å². The second-order valence-corrected chi connectivity index (χ2v) is 13.1. The molecule has 3 aromatic rings. The van der Waals surface area contributed by atoms with Crippen molar-refractivity contribution in [2.75, 3.05) is 19.6 Å². The summed E-state index contributed by atoms with van der Waals surface area (Å²) in [4.78, 5) is 44.9. The first-order valence-electron chi connectivity index (χ1n) is 15.9. The summed E-state index contributed by atoms with van der Waals surface area (Å²) in [7, 11) is 0. The maximum atomic E-state index is 13.4. The van der Waals surface area contributed by atoms with Crippen LogP contribution in [0.3, 0.4) is 0 Å². The van der Waals surface area contributed by atoms with E-state index in [0.717, 1.165) is 16.7 Å². The number of rotatable bonds is 15. The van der Waals surface area contributed by atoms with Gasteiger partial charge in [0.2, 0.25) is 5.91 Å². The van der Waals surface area contributed by atoms with Gasteiger partial charge in [0.1, 0.15) is 0 Å². The molecule has 4 rings (SSSR count). The van der Waals surface area contributed by atoms with Crippen molar-refractivity contribution >= 4 is 17.8 Å². The summed E-state index contributed by atoms with van der Waals surface area (Å²) in [6, 6.07) is 19.7. The van der Waals surface area contributed by atoms with E-state index in [0.29, 0.717) is 43.7 Å². The van der Waals surface area contributed by atoms with Crippen molar-refractivity contribution in [2.24, 2.45) is 5.41 Å². The fraction of sp³-hybridized carbons (Fsp3) is 0.444. The number of carbonyl (C=O) groups is 3. The predicted molar refractivity (Wildman–Crippen MR) is 177 cm³/mol. The molecule has 1 unspecified atom stereocenters. The Labute approximate surface area is 271 Å². The molecule has 0 radical (unpaired) electrons. The third-order valence-electron chi connectivity index (χ3n) is 8.44. The lowest BCUT2D eigenvalue weighted by Gasteiger charge is -2.31. The van der Waals surface area contributed by atoms with Crippen LogP contribution >= 0.6 is 0 Å². The Bertz CT molecular complexity index is 1450. The minimum absolute atomic E-state index is 0.121. The maximum Gasteiger partial charge on any atom is 0.317 e. The monoisotopic (exact) mass is 629 g/mol. The van der Waals surface area contributed by atoms with Gasteiger partial charge in [0.05, 0.1) is 12.1 Å². The quantitative estimate of drug-likeness (QED) is 0.174. The number of aliphatic hydroxyl groups is 2. The molecule has 0 spiro atoms. The molecular formula is C36H47N5O5. The molecule has 10 heteroatoms. The zero-order valence-electron chi connectivity index (χ0n) is 27.2. The smallest absolute Gasteiger partial charge is 0.317 e. The molecule has 246 valence electrons. The molecule has 2 heterocycles. The average molecular weight is 630 g/mol. The van der Waals surface area contributed by atoms with E-state index >= 15 is 0 Å². The molecule has 2 aromatic carbocycles. The number of urea groups is 1. The Balaban J connectivity index is 1.51. The van der Waals surface area contributed by atoms with Crippen molar-refractivity contribution < 1.29 is 24.6 Å². The number of nitrogens with one attached hydrogen (secondary N) is 3. The fourth-order valence-electron chi connectivity index (χ4n) is 6.16. The number of carbonyl (C=O) groups excluding carboxylic acids is 3. The third kappa shape index (κ3) is 9.86. The Morgan fingerprint density at radius 2 is 1.59 bits per heavy atom. The number of amides is 4. The lowest BCUT2D eigenvalue weighted by molar-refractivity contribution is -0.131. The Kier molecular flexibility index (Phi) is 11.9. The van der Waals surface area contributed by atoms with Crippen LogP contribution in [-0.4, -0.2) is 75.8 Å². The van der Waals surface area contributed by atoms with Gasteiger partial charge >= 0.3 is 6.03 Å². The number of hydrogen-bond donors (Lipinski definition) is 5. The number of pyridine rings is 1. The van der Waals surface area contributed by atoms with E-state index < -0.39 is 35.6 Å². The average Bonchev–Trinajstić information content (AvgIpc) is 3.40. The van der Waals surface area contributed by atoms with Gasteiger partial charge in [-0.1, -0.05) is 74.5 Å².